The van der Waals surface area contributed by atoms with Crippen molar-refractivity contribution in [3.8, 4) is 0 Å². The largest absolute Gasteiger partial charge is 0.292 e. The van der Waals surface area contributed by atoms with Gasteiger partial charge in [0, 0.05) is 9.77 Å². The molecule has 0 aliphatic carbocycles. The van der Waals surface area contributed by atoms with Crippen LogP contribution in [-0.2, 0) is 6.42 Å². The zero-order valence-electron chi connectivity index (χ0n) is 10.6. The lowest BCUT2D eigenvalue weighted by Crippen LogP contribution is -1.99. The molecule has 0 aliphatic heterocycles. The van der Waals surface area contributed by atoms with Crippen molar-refractivity contribution in [3.63, 3.8) is 0 Å². The van der Waals surface area contributed by atoms with E-state index in [1.807, 2.05) is 12.1 Å². The van der Waals surface area contributed by atoms with E-state index in [0.717, 1.165) is 16.2 Å². The van der Waals surface area contributed by atoms with E-state index in [1.165, 1.54) is 10.4 Å². The van der Waals surface area contributed by atoms with Gasteiger partial charge in [0.15, 0.2) is 5.78 Å². The summed E-state index contributed by atoms with van der Waals surface area (Å²) in [5.74, 6) is 0.749. The van der Waals surface area contributed by atoms with Crippen LogP contribution in [0.1, 0.15) is 27.0 Å². The van der Waals surface area contributed by atoms with Gasteiger partial charge in [0.05, 0.1) is 10.6 Å². The van der Waals surface area contributed by atoms with Gasteiger partial charge in [0.2, 0.25) is 0 Å². The van der Waals surface area contributed by atoms with Crippen LogP contribution in [0, 0.1) is 6.92 Å². The molecule has 1 nitrogen and oxygen atoms in total. The average Bonchev–Trinajstić information content (AvgIpc) is 2.85. The second kappa shape index (κ2) is 6.21. The van der Waals surface area contributed by atoms with Crippen LogP contribution >= 0.6 is 23.1 Å². The van der Waals surface area contributed by atoms with Crippen LogP contribution in [0.4, 0.5) is 0 Å². The van der Waals surface area contributed by atoms with E-state index in [-0.39, 0.29) is 5.78 Å². The Labute approximate surface area is 116 Å². The molecule has 1 heterocycles. The summed E-state index contributed by atoms with van der Waals surface area (Å²) < 4.78 is 0. The average molecular weight is 276 g/mol. The quantitative estimate of drug-likeness (QED) is 0.586. The lowest BCUT2D eigenvalue weighted by atomic mass is 10.2. The number of thiophene rings is 1. The molecule has 0 atom stereocenters. The minimum absolute atomic E-state index is 0.228. The maximum Gasteiger partial charge on any atom is 0.182 e. The van der Waals surface area contributed by atoms with Crippen molar-refractivity contribution in [2.45, 2.75) is 25.2 Å². The number of aryl methyl sites for hydroxylation is 2. The Hall–Kier alpha value is -1.06. The highest BCUT2D eigenvalue weighted by Crippen LogP contribution is 2.23. The van der Waals surface area contributed by atoms with Gasteiger partial charge in [-0.25, -0.2) is 0 Å². The van der Waals surface area contributed by atoms with Crippen LogP contribution in [0.15, 0.2) is 41.3 Å². The summed E-state index contributed by atoms with van der Waals surface area (Å²) in [5, 5.41) is 0. The van der Waals surface area contributed by atoms with E-state index >= 15 is 0 Å². The number of Topliss-reactive ketones (excluding diaryl/α,β-unsaturated/α-hetero) is 1. The molecule has 0 unspecified atom stereocenters. The predicted molar refractivity (Wildman–Crippen MR) is 79.9 cm³/mol. The van der Waals surface area contributed by atoms with Crippen LogP contribution in [0.25, 0.3) is 0 Å². The van der Waals surface area contributed by atoms with Gasteiger partial charge in [0.1, 0.15) is 0 Å². The van der Waals surface area contributed by atoms with Crippen molar-refractivity contribution < 1.29 is 4.79 Å². The number of benzene rings is 1. The zero-order chi connectivity index (χ0) is 13.0. The van der Waals surface area contributed by atoms with Gasteiger partial charge in [0.25, 0.3) is 0 Å². The van der Waals surface area contributed by atoms with Gasteiger partial charge in [-0.05, 0) is 37.6 Å². The number of hydrogen-bond acceptors (Lipinski definition) is 3. The third-order valence-corrected chi connectivity index (χ3v) is 4.91. The molecular formula is C15H16OS2. The molecule has 1 aromatic carbocycles. The van der Waals surface area contributed by atoms with Gasteiger partial charge in [-0.2, -0.15) is 0 Å². The van der Waals surface area contributed by atoms with Crippen LogP contribution in [-0.4, -0.2) is 11.5 Å². The van der Waals surface area contributed by atoms with E-state index in [2.05, 4.69) is 38.1 Å². The molecule has 1 aromatic heterocycles. The second-order valence-corrected chi connectivity index (χ2v) is 6.36. The van der Waals surface area contributed by atoms with Crippen molar-refractivity contribution >= 4 is 28.9 Å². The highest BCUT2D eigenvalue weighted by molar-refractivity contribution is 8.00. The third kappa shape index (κ3) is 3.47. The van der Waals surface area contributed by atoms with Crippen LogP contribution < -0.4 is 0 Å². The fraction of sp³-hybridized carbons (Fsp3) is 0.267. The minimum Gasteiger partial charge on any atom is -0.292 e. The summed E-state index contributed by atoms with van der Waals surface area (Å²) in [4.78, 5) is 15.3. The molecule has 0 spiro atoms. The number of rotatable bonds is 5. The predicted octanol–water partition coefficient (Wildman–Crippen LogP) is 4.59. The molecule has 2 rings (SSSR count). The van der Waals surface area contributed by atoms with Gasteiger partial charge in [-0.15, -0.1) is 23.1 Å². The summed E-state index contributed by atoms with van der Waals surface area (Å²) in [6.07, 6.45) is 1.00. The van der Waals surface area contributed by atoms with Gasteiger partial charge in [-0.3, -0.25) is 4.79 Å². The summed E-state index contributed by atoms with van der Waals surface area (Å²) in [7, 11) is 0. The lowest BCUT2D eigenvalue weighted by molar-refractivity contribution is 0.102. The molecule has 0 fully saturated rings. The summed E-state index contributed by atoms with van der Waals surface area (Å²) >= 11 is 3.23. The fourth-order valence-electron chi connectivity index (χ4n) is 1.64. The maximum absolute atomic E-state index is 12.0. The molecule has 3 heteroatoms. The monoisotopic (exact) mass is 276 g/mol. The third-order valence-electron chi connectivity index (χ3n) is 2.64. The first-order valence-electron chi connectivity index (χ1n) is 6.00. The van der Waals surface area contributed by atoms with Crippen molar-refractivity contribution in [2.75, 3.05) is 5.75 Å². The fourth-order valence-corrected chi connectivity index (χ4v) is 3.52. The van der Waals surface area contributed by atoms with Crippen molar-refractivity contribution in [3.05, 3.63) is 51.7 Å². The molecular weight excluding hydrogens is 260 g/mol. The van der Waals surface area contributed by atoms with Gasteiger partial charge in [-0.1, -0.05) is 24.6 Å². The first-order chi connectivity index (χ1) is 8.69. The molecule has 2 aromatic rings. The van der Waals surface area contributed by atoms with Gasteiger partial charge >= 0.3 is 0 Å². The van der Waals surface area contributed by atoms with Gasteiger partial charge < -0.3 is 0 Å². The molecule has 0 bridgehead atoms. The summed E-state index contributed by atoms with van der Waals surface area (Å²) in [6.45, 7) is 4.18. The Morgan fingerprint density at radius 3 is 2.78 bits per heavy atom. The molecule has 18 heavy (non-hydrogen) atoms. The zero-order valence-corrected chi connectivity index (χ0v) is 12.2. The standard InChI is InChI=1S/C15H16OS2/c1-3-12-7-8-15(18-12)14(16)10-17-13-6-4-5-11(2)9-13/h4-9H,3,10H2,1-2H3. The van der Waals surface area contributed by atoms with Crippen LogP contribution in [0.3, 0.4) is 0 Å². The van der Waals surface area contributed by atoms with E-state index in [0.29, 0.717) is 5.75 Å². The molecule has 0 saturated carbocycles. The van der Waals surface area contributed by atoms with E-state index in [4.69, 9.17) is 0 Å². The lowest BCUT2D eigenvalue weighted by Gasteiger charge is -2.01. The first-order valence-corrected chi connectivity index (χ1v) is 7.80. The molecule has 0 N–H and O–H groups in total. The number of carbonyl (C=O) groups excluding carboxylic acids is 1. The number of hydrogen-bond donors (Lipinski definition) is 0. The first kappa shape index (κ1) is 13.4. The molecule has 0 radical (unpaired) electrons. The van der Waals surface area contributed by atoms with E-state index in [9.17, 15) is 4.79 Å². The normalized spacial score (nSPS) is 10.6. The Bertz CT molecular complexity index is 543. The second-order valence-electron chi connectivity index (χ2n) is 4.15. The van der Waals surface area contributed by atoms with Crippen molar-refractivity contribution in [1.82, 2.24) is 0 Å². The highest BCUT2D eigenvalue weighted by Gasteiger charge is 2.09. The Kier molecular flexibility index (Phi) is 4.61. The summed E-state index contributed by atoms with van der Waals surface area (Å²) in [5.41, 5.74) is 1.23. The number of thioether (sulfide) groups is 1. The smallest absolute Gasteiger partial charge is 0.182 e. The Morgan fingerprint density at radius 2 is 2.11 bits per heavy atom. The Morgan fingerprint density at radius 1 is 1.28 bits per heavy atom. The topological polar surface area (TPSA) is 17.1 Å². The minimum atomic E-state index is 0.228. The van der Waals surface area contributed by atoms with Crippen molar-refractivity contribution in [1.29, 1.82) is 0 Å². The molecule has 0 amide bonds. The molecule has 0 saturated heterocycles. The van der Waals surface area contributed by atoms with E-state index in [1.54, 1.807) is 23.1 Å². The molecule has 94 valence electrons. The van der Waals surface area contributed by atoms with Crippen LogP contribution in [0.2, 0.25) is 0 Å². The number of carbonyl (C=O) groups is 1. The van der Waals surface area contributed by atoms with Crippen molar-refractivity contribution in [2.24, 2.45) is 0 Å². The SMILES string of the molecule is CCc1ccc(C(=O)CSc2cccc(C)c2)s1. The molecule has 0 aliphatic rings. The highest BCUT2D eigenvalue weighted by atomic mass is 32.2. The maximum atomic E-state index is 12.0. The number of ketones is 1. The van der Waals surface area contributed by atoms with Crippen LogP contribution in [0.5, 0.6) is 0 Å². The Balaban J connectivity index is 1.96. The summed E-state index contributed by atoms with van der Waals surface area (Å²) in [6, 6.07) is 12.3. The van der Waals surface area contributed by atoms with E-state index < -0.39 is 0 Å².